The number of piperazine rings is 1. The van der Waals surface area contributed by atoms with Crippen molar-refractivity contribution in [1.82, 2.24) is 24.8 Å². The van der Waals surface area contributed by atoms with E-state index in [-0.39, 0.29) is 30.3 Å². The Hall–Kier alpha value is -4.65. The second-order valence-electron chi connectivity index (χ2n) is 12.3. The number of piperidine rings is 1. The van der Waals surface area contributed by atoms with E-state index in [9.17, 15) is 23.9 Å². The van der Waals surface area contributed by atoms with Gasteiger partial charge in [0, 0.05) is 50.3 Å². The van der Waals surface area contributed by atoms with Crippen molar-refractivity contribution in [1.29, 1.82) is 5.26 Å². The highest BCUT2D eigenvalue weighted by atomic mass is 19.3. The number of ether oxygens (including phenoxy) is 3. The maximum Gasteiger partial charge on any atom is 0.301 e. The molecule has 1 aromatic carbocycles. The fraction of sp³-hybridized carbons (Fsp3) is 0.485. The molecule has 6 rings (SSSR count). The Bertz CT molecular complexity index is 1680. The number of benzene rings is 1. The van der Waals surface area contributed by atoms with Gasteiger partial charge in [-0.05, 0) is 44.2 Å². The number of rotatable bonds is 9. The van der Waals surface area contributed by atoms with Crippen LogP contribution >= 0.6 is 0 Å². The summed E-state index contributed by atoms with van der Waals surface area (Å²) in [6, 6.07) is 12.9. The number of pyridine rings is 1. The van der Waals surface area contributed by atoms with E-state index in [0.29, 0.717) is 34.8 Å². The first-order valence-electron chi connectivity index (χ1n) is 15.8. The number of amides is 1. The van der Waals surface area contributed by atoms with Gasteiger partial charge in [-0.3, -0.25) is 9.69 Å². The molecule has 3 atom stereocenters. The Morgan fingerprint density at radius 3 is 2.65 bits per heavy atom. The van der Waals surface area contributed by atoms with E-state index in [1.54, 1.807) is 19.2 Å². The second-order valence-corrected chi connectivity index (χ2v) is 12.3. The van der Waals surface area contributed by atoms with Gasteiger partial charge in [0.05, 0.1) is 44.2 Å². The first-order valence-corrected chi connectivity index (χ1v) is 15.8. The van der Waals surface area contributed by atoms with E-state index in [4.69, 9.17) is 14.2 Å². The van der Waals surface area contributed by atoms with E-state index in [2.05, 4.69) is 37.0 Å². The van der Waals surface area contributed by atoms with Crippen molar-refractivity contribution in [3.05, 3.63) is 48.3 Å². The molecular weight excluding hydrogens is 626 g/mol. The molecule has 5 heterocycles. The van der Waals surface area contributed by atoms with Crippen LogP contribution in [0.2, 0.25) is 0 Å². The number of methoxy groups -OCH3 is 1. The molecule has 0 spiro atoms. The molecule has 3 fully saturated rings. The number of aliphatic hydroxyl groups is 1. The van der Waals surface area contributed by atoms with Crippen molar-refractivity contribution in [2.75, 3.05) is 63.3 Å². The van der Waals surface area contributed by atoms with Gasteiger partial charge in [-0.1, -0.05) is 0 Å². The van der Waals surface area contributed by atoms with Crippen molar-refractivity contribution in [3.63, 3.8) is 0 Å². The Morgan fingerprint density at radius 2 is 1.98 bits per heavy atom. The smallest absolute Gasteiger partial charge is 0.301 e. The Morgan fingerprint density at radius 1 is 1.17 bits per heavy atom. The number of anilines is 3. The molecule has 3 aliphatic heterocycles. The highest BCUT2D eigenvalue weighted by Crippen LogP contribution is 2.35. The van der Waals surface area contributed by atoms with Gasteiger partial charge in [0.1, 0.15) is 41.6 Å². The van der Waals surface area contributed by atoms with Crippen molar-refractivity contribution in [3.8, 4) is 29.0 Å². The fourth-order valence-corrected chi connectivity index (χ4v) is 6.25. The molecule has 3 saturated heterocycles. The van der Waals surface area contributed by atoms with Crippen molar-refractivity contribution in [2.24, 2.45) is 0 Å². The van der Waals surface area contributed by atoms with Crippen LogP contribution in [0.25, 0.3) is 11.3 Å². The summed E-state index contributed by atoms with van der Waals surface area (Å²) in [7, 11) is 1.59. The summed E-state index contributed by atoms with van der Waals surface area (Å²) in [5, 5.41) is 22.5. The van der Waals surface area contributed by atoms with Gasteiger partial charge in [-0.25, -0.2) is 18.7 Å². The van der Waals surface area contributed by atoms with Crippen LogP contribution in [0, 0.1) is 11.3 Å². The Kier molecular flexibility index (Phi) is 9.58. The summed E-state index contributed by atoms with van der Waals surface area (Å²) >= 11 is 0. The molecular formula is C33H38F2N8O5. The van der Waals surface area contributed by atoms with Crippen LogP contribution in [0.15, 0.2) is 42.7 Å². The van der Waals surface area contributed by atoms with Gasteiger partial charge in [0.2, 0.25) is 5.88 Å². The van der Waals surface area contributed by atoms with E-state index in [0.717, 1.165) is 43.4 Å². The standard InChI is InChI=1S/C33H38F2N8O5/c1-20-15-41(24-16-47-17-24)10-11-43(20)26-5-7-29(40-31(26)46-3)39-30-13-25(37-19-38-30)22-4-6-27(23(12-22)14-36)48-28-8-9-42(18-33(28,34)35)32(45)21(2)44/h4-7,12-13,19-21,24,28,44H,8-11,15-18H2,1-3H3,(H,37,38,39,40)/t20-,21+,28?/m1/s1. The van der Waals surface area contributed by atoms with Crippen LogP contribution in [0.5, 0.6) is 11.6 Å². The molecule has 3 aromatic rings. The first kappa shape index (κ1) is 33.3. The largest absolute Gasteiger partial charge is 0.483 e. The van der Waals surface area contributed by atoms with Crippen LogP contribution in [-0.2, 0) is 9.53 Å². The summed E-state index contributed by atoms with van der Waals surface area (Å²) < 4.78 is 46.6. The quantitative estimate of drug-likeness (QED) is 0.346. The molecule has 254 valence electrons. The number of carbonyl (C=O) groups excluding carboxylic acids is 1. The zero-order chi connectivity index (χ0) is 34.0. The summed E-state index contributed by atoms with van der Waals surface area (Å²) in [6.45, 7) is 6.84. The number of likely N-dealkylation sites (tertiary alicyclic amines) is 1. The van der Waals surface area contributed by atoms with Crippen molar-refractivity contribution >= 4 is 23.2 Å². The topological polar surface area (TPSA) is 149 Å². The number of hydrogen-bond donors (Lipinski definition) is 2. The molecule has 0 saturated carbocycles. The van der Waals surface area contributed by atoms with Crippen molar-refractivity contribution < 1.29 is 32.9 Å². The van der Waals surface area contributed by atoms with Gasteiger partial charge in [0.25, 0.3) is 5.91 Å². The molecule has 0 bridgehead atoms. The van der Waals surface area contributed by atoms with E-state index in [1.807, 2.05) is 18.2 Å². The lowest BCUT2D eigenvalue weighted by Crippen LogP contribution is -2.59. The number of nitriles is 1. The SMILES string of the molecule is COc1nc(Nc2cc(-c3ccc(OC4CCN(C(=O)[C@H](C)O)CC4(F)F)c(C#N)c3)ncn2)ccc1N1CCN(C2COC2)C[C@H]1C. The summed E-state index contributed by atoms with van der Waals surface area (Å²) in [5.41, 5.74) is 2.00. The van der Waals surface area contributed by atoms with Gasteiger partial charge in [-0.15, -0.1) is 0 Å². The molecule has 15 heteroatoms. The van der Waals surface area contributed by atoms with Crippen LogP contribution in [0.4, 0.5) is 26.1 Å². The van der Waals surface area contributed by atoms with Crippen LogP contribution in [0.3, 0.4) is 0 Å². The fourth-order valence-electron chi connectivity index (χ4n) is 6.25. The minimum atomic E-state index is -3.38. The third-order valence-electron chi connectivity index (χ3n) is 8.93. The molecule has 0 radical (unpaired) electrons. The lowest BCUT2D eigenvalue weighted by Gasteiger charge is -2.46. The second kappa shape index (κ2) is 13.8. The predicted molar refractivity (Wildman–Crippen MR) is 171 cm³/mol. The number of hydrogen-bond acceptors (Lipinski definition) is 12. The maximum absolute atomic E-state index is 14.9. The molecule has 48 heavy (non-hydrogen) atoms. The average Bonchev–Trinajstić information content (AvgIpc) is 3.04. The highest BCUT2D eigenvalue weighted by Gasteiger charge is 2.48. The summed E-state index contributed by atoms with van der Waals surface area (Å²) in [4.78, 5) is 31.1. The summed E-state index contributed by atoms with van der Waals surface area (Å²) in [6.07, 6.45) is -1.71. The number of nitrogens with one attached hydrogen (secondary N) is 1. The number of nitrogens with zero attached hydrogens (tertiary/aromatic N) is 7. The number of aromatic nitrogens is 3. The van der Waals surface area contributed by atoms with Crippen LogP contribution in [-0.4, -0.2) is 119 Å². The predicted octanol–water partition coefficient (Wildman–Crippen LogP) is 3.07. The zero-order valence-corrected chi connectivity index (χ0v) is 27.0. The highest BCUT2D eigenvalue weighted by molar-refractivity contribution is 5.80. The summed E-state index contributed by atoms with van der Waals surface area (Å²) in [5.74, 6) is -2.69. The third-order valence-corrected chi connectivity index (χ3v) is 8.93. The number of alkyl halides is 2. The van der Waals surface area contributed by atoms with E-state index in [1.165, 1.54) is 25.4 Å². The van der Waals surface area contributed by atoms with Gasteiger partial charge in [-0.2, -0.15) is 10.2 Å². The number of aliphatic hydroxyl groups excluding tert-OH is 1. The molecule has 2 aromatic heterocycles. The number of carbonyl (C=O) groups is 1. The van der Waals surface area contributed by atoms with Crippen LogP contribution < -0.4 is 19.7 Å². The minimum Gasteiger partial charge on any atom is -0.483 e. The molecule has 13 nitrogen and oxygen atoms in total. The van der Waals surface area contributed by atoms with E-state index < -0.39 is 30.6 Å². The molecule has 1 amide bonds. The molecule has 0 aliphatic carbocycles. The van der Waals surface area contributed by atoms with Gasteiger partial charge in [0.15, 0.2) is 6.10 Å². The normalized spacial score (nSPS) is 21.9. The molecule has 2 N–H and O–H groups in total. The van der Waals surface area contributed by atoms with Gasteiger partial charge < -0.3 is 34.4 Å². The Balaban J connectivity index is 1.13. The average molecular weight is 665 g/mol. The number of halogens is 2. The van der Waals surface area contributed by atoms with Gasteiger partial charge >= 0.3 is 5.92 Å². The zero-order valence-electron chi connectivity index (χ0n) is 27.0. The van der Waals surface area contributed by atoms with Crippen LogP contribution in [0.1, 0.15) is 25.8 Å². The lowest BCUT2D eigenvalue weighted by atomic mass is 10.0. The molecule has 3 aliphatic rings. The first-order chi connectivity index (χ1) is 23.1. The monoisotopic (exact) mass is 664 g/mol. The lowest BCUT2D eigenvalue weighted by molar-refractivity contribution is -0.165. The minimum absolute atomic E-state index is 0.00203. The molecule has 1 unspecified atom stereocenters. The third kappa shape index (κ3) is 6.96. The maximum atomic E-state index is 14.9. The van der Waals surface area contributed by atoms with Crippen molar-refractivity contribution in [2.45, 2.75) is 50.5 Å². The Labute approximate surface area is 277 Å². The van der Waals surface area contributed by atoms with E-state index >= 15 is 0 Å².